The lowest BCUT2D eigenvalue weighted by Crippen LogP contribution is -2.25. The van der Waals surface area contributed by atoms with Crippen LogP contribution in [0.25, 0.3) is 0 Å². The van der Waals surface area contributed by atoms with Crippen molar-refractivity contribution < 1.29 is 9.53 Å². The molecule has 0 saturated heterocycles. The number of amides is 1. The Morgan fingerprint density at radius 3 is 2.74 bits per heavy atom. The summed E-state index contributed by atoms with van der Waals surface area (Å²) in [5.74, 6) is 1.80. The first kappa shape index (κ1) is 17.0. The number of benzene rings is 1. The maximum atomic E-state index is 12.7. The van der Waals surface area contributed by atoms with E-state index < -0.39 is 0 Å². The van der Waals surface area contributed by atoms with Crippen molar-refractivity contribution in [2.75, 3.05) is 12.8 Å². The summed E-state index contributed by atoms with van der Waals surface area (Å²) in [6.45, 7) is 0.966. The van der Waals surface area contributed by atoms with E-state index in [2.05, 4.69) is 15.0 Å². The highest BCUT2D eigenvalue weighted by atomic mass is 16.5. The first-order valence-electron chi connectivity index (χ1n) is 8.60. The third kappa shape index (κ3) is 3.57. The van der Waals surface area contributed by atoms with Gasteiger partial charge in [-0.2, -0.15) is 0 Å². The Kier molecular flexibility index (Phi) is 4.42. The number of fused-ring (bicyclic) bond motifs is 1. The topological polar surface area (TPSA) is 94.2 Å². The number of carbonyl (C=O) groups excluding carboxylic acids is 1. The number of ether oxygens (including phenoxy) is 1. The summed E-state index contributed by atoms with van der Waals surface area (Å²) in [5.41, 5.74) is 9.18. The quantitative estimate of drug-likeness (QED) is 0.766. The second-order valence-electron chi connectivity index (χ2n) is 6.41. The van der Waals surface area contributed by atoms with Crippen molar-refractivity contribution in [3.05, 3.63) is 77.0 Å². The van der Waals surface area contributed by atoms with E-state index in [9.17, 15) is 4.79 Å². The molecule has 0 saturated carbocycles. The minimum Gasteiger partial charge on any atom is -0.497 e. The molecular formula is C20H19N5O2. The normalized spacial score (nSPS) is 12.7. The van der Waals surface area contributed by atoms with E-state index in [1.165, 1.54) is 0 Å². The van der Waals surface area contributed by atoms with Gasteiger partial charge in [0.1, 0.15) is 17.4 Å². The third-order valence-corrected chi connectivity index (χ3v) is 4.54. The Morgan fingerprint density at radius 1 is 1.19 bits per heavy atom. The molecule has 0 radical (unpaired) electrons. The van der Waals surface area contributed by atoms with Gasteiger partial charge in [0.15, 0.2) is 0 Å². The molecule has 4 rings (SSSR count). The van der Waals surface area contributed by atoms with Crippen LogP contribution in [-0.2, 0) is 19.5 Å². The molecule has 1 aliphatic rings. The van der Waals surface area contributed by atoms with E-state index in [0.29, 0.717) is 30.9 Å². The van der Waals surface area contributed by atoms with Gasteiger partial charge in [0.25, 0.3) is 5.91 Å². The largest absolute Gasteiger partial charge is 0.497 e. The van der Waals surface area contributed by atoms with Crippen LogP contribution >= 0.6 is 0 Å². The SMILES string of the molecule is COc1ccc(Cc2ncc3c(n2)CN(C(=O)c2ccnc(N)c2)C3)cc1. The molecule has 2 N–H and O–H groups in total. The van der Waals surface area contributed by atoms with Crippen LogP contribution in [-0.4, -0.2) is 32.9 Å². The zero-order chi connectivity index (χ0) is 18.8. The van der Waals surface area contributed by atoms with Crippen molar-refractivity contribution in [3.8, 4) is 5.75 Å². The smallest absolute Gasteiger partial charge is 0.254 e. The number of pyridine rings is 1. The average molecular weight is 361 g/mol. The molecule has 136 valence electrons. The molecule has 7 nitrogen and oxygen atoms in total. The van der Waals surface area contributed by atoms with E-state index in [-0.39, 0.29) is 5.91 Å². The van der Waals surface area contributed by atoms with Gasteiger partial charge in [0.05, 0.1) is 19.3 Å². The van der Waals surface area contributed by atoms with E-state index in [1.807, 2.05) is 30.5 Å². The fraction of sp³-hybridized carbons (Fsp3) is 0.200. The van der Waals surface area contributed by atoms with E-state index in [1.54, 1.807) is 30.3 Å². The summed E-state index contributed by atoms with van der Waals surface area (Å²) in [4.78, 5) is 27.5. The van der Waals surface area contributed by atoms with Gasteiger partial charge in [-0.1, -0.05) is 12.1 Å². The van der Waals surface area contributed by atoms with Crippen molar-refractivity contribution in [2.45, 2.75) is 19.5 Å². The highest BCUT2D eigenvalue weighted by Crippen LogP contribution is 2.23. The Hall–Kier alpha value is -3.48. The van der Waals surface area contributed by atoms with Gasteiger partial charge in [0, 0.05) is 36.5 Å². The number of nitrogens with two attached hydrogens (primary N) is 1. The van der Waals surface area contributed by atoms with Gasteiger partial charge >= 0.3 is 0 Å². The molecule has 0 spiro atoms. The molecule has 27 heavy (non-hydrogen) atoms. The number of methoxy groups -OCH3 is 1. The Labute approximate surface area is 156 Å². The predicted octanol–water partition coefficient (Wildman–Crippen LogP) is 2.21. The van der Waals surface area contributed by atoms with Crippen LogP contribution in [0.15, 0.2) is 48.8 Å². The highest BCUT2D eigenvalue weighted by molar-refractivity contribution is 5.95. The number of nitrogen functional groups attached to an aromatic ring is 1. The maximum absolute atomic E-state index is 12.7. The van der Waals surface area contributed by atoms with Crippen molar-refractivity contribution in [1.82, 2.24) is 19.9 Å². The molecule has 0 fully saturated rings. The summed E-state index contributed by atoms with van der Waals surface area (Å²) in [7, 11) is 1.64. The molecule has 1 amide bonds. The van der Waals surface area contributed by atoms with Crippen molar-refractivity contribution in [2.24, 2.45) is 0 Å². The summed E-state index contributed by atoms with van der Waals surface area (Å²) >= 11 is 0. The summed E-state index contributed by atoms with van der Waals surface area (Å²) in [6, 6.07) is 11.1. The Morgan fingerprint density at radius 2 is 2.00 bits per heavy atom. The number of hydrogen-bond acceptors (Lipinski definition) is 6. The number of aromatic nitrogens is 3. The monoisotopic (exact) mass is 361 g/mol. The minimum atomic E-state index is -0.0844. The first-order chi connectivity index (χ1) is 13.1. The number of anilines is 1. The molecule has 0 unspecified atom stereocenters. The van der Waals surface area contributed by atoms with Crippen molar-refractivity contribution in [3.63, 3.8) is 0 Å². The van der Waals surface area contributed by atoms with Crippen LogP contribution in [0, 0.1) is 0 Å². The van der Waals surface area contributed by atoms with Crippen molar-refractivity contribution in [1.29, 1.82) is 0 Å². The number of nitrogens with zero attached hydrogens (tertiary/aromatic N) is 4. The van der Waals surface area contributed by atoms with Crippen LogP contribution < -0.4 is 10.5 Å². The molecule has 0 bridgehead atoms. The molecule has 1 aromatic carbocycles. The van der Waals surface area contributed by atoms with Gasteiger partial charge in [-0.15, -0.1) is 0 Å². The highest BCUT2D eigenvalue weighted by Gasteiger charge is 2.26. The predicted molar refractivity (Wildman–Crippen MR) is 100 cm³/mol. The zero-order valence-corrected chi connectivity index (χ0v) is 14.9. The number of carbonyl (C=O) groups is 1. The van der Waals surface area contributed by atoms with Crippen LogP contribution in [0.1, 0.15) is 33.0 Å². The molecule has 0 atom stereocenters. The standard InChI is InChI=1S/C20H19N5O2/c1-27-16-4-2-13(3-5-16)8-19-23-10-15-11-25(12-17(15)24-19)20(26)14-6-7-22-18(21)9-14/h2-7,9-10H,8,11-12H2,1H3,(H2,21,22). The van der Waals surface area contributed by atoms with Crippen LogP contribution in [0.2, 0.25) is 0 Å². The fourth-order valence-corrected chi connectivity index (χ4v) is 3.11. The fourth-order valence-electron chi connectivity index (χ4n) is 3.11. The lowest BCUT2D eigenvalue weighted by Gasteiger charge is -2.14. The molecule has 7 heteroatoms. The lowest BCUT2D eigenvalue weighted by molar-refractivity contribution is 0.0750. The van der Waals surface area contributed by atoms with E-state index >= 15 is 0 Å². The van der Waals surface area contributed by atoms with Gasteiger partial charge in [-0.3, -0.25) is 4.79 Å². The molecule has 3 aromatic rings. The van der Waals surface area contributed by atoms with E-state index in [0.717, 1.165) is 28.4 Å². The van der Waals surface area contributed by atoms with Gasteiger partial charge in [-0.25, -0.2) is 15.0 Å². The third-order valence-electron chi connectivity index (χ3n) is 4.54. The van der Waals surface area contributed by atoms with Crippen LogP contribution in [0.3, 0.4) is 0 Å². The first-order valence-corrected chi connectivity index (χ1v) is 8.60. The summed E-state index contributed by atoms with van der Waals surface area (Å²) in [6.07, 6.45) is 3.99. The lowest BCUT2D eigenvalue weighted by atomic mass is 10.1. The van der Waals surface area contributed by atoms with E-state index in [4.69, 9.17) is 10.5 Å². The average Bonchev–Trinajstić information content (AvgIpc) is 3.11. The Balaban J connectivity index is 1.48. The summed E-state index contributed by atoms with van der Waals surface area (Å²) < 4.78 is 5.18. The minimum absolute atomic E-state index is 0.0844. The molecular weight excluding hydrogens is 342 g/mol. The second-order valence-corrected chi connectivity index (χ2v) is 6.41. The second kappa shape index (κ2) is 7.03. The van der Waals surface area contributed by atoms with Gasteiger partial charge < -0.3 is 15.4 Å². The maximum Gasteiger partial charge on any atom is 0.254 e. The summed E-state index contributed by atoms with van der Waals surface area (Å²) in [5, 5.41) is 0. The van der Waals surface area contributed by atoms with Gasteiger partial charge in [0.2, 0.25) is 0 Å². The molecule has 0 aliphatic carbocycles. The van der Waals surface area contributed by atoms with Crippen LogP contribution in [0.4, 0.5) is 5.82 Å². The number of rotatable bonds is 4. The van der Waals surface area contributed by atoms with Crippen molar-refractivity contribution >= 4 is 11.7 Å². The Bertz CT molecular complexity index is 988. The zero-order valence-electron chi connectivity index (χ0n) is 14.9. The molecule has 2 aromatic heterocycles. The van der Waals surface area contributed by atoms with Gasteiger partial charge in [-0.05, 0) is 29.8 Å². The molecule has 3 heterocycles. The number of hydrogen-bond donors (Lipinski definition) is 1. The molecule has 1 aliphatic heterocycles. The van der Waals surface area contributed by atoms with Crippen LogP contribution in [0.5, 0.6) is 5.75 Å².